The molecule has 0 saturated heterocycles. The fourth-order valence-electron chi connectivity index (χ4n) is 2.51. The summed E-state index contributed by atoms with van der Waals surface area (Å²) in [4.78, 5) is 0.0992. The largest absolute Gasteiger partial charge is 0.280 e. The van der Waals surface area contributed by atoms with E-state index >= 15 is 0 Å². The van der Waals surface area contributed by atoms with Crippen LogP contribution in [-0.4, -0.2) is 8.42 Å². The van der Waals surface area contributed by atoms with Gasteiger partial charge in [-0.15, -0.1) is 0 Å². The predicted octanol–water partition coefficient (Wildman–Crippen LogP) is 3.63. The third kappa shape index (κ3) is 2.53. The van der Waals surface area contributed by atoms with E-state index < -0.39 is 10.0 Å². The van der Waals surface area contributed by atoms with Crippen molar-refractivity contribution in [2.24, 2.45) is 0 Å². The Balaban J connectivity index is 1.93. The molecule has 0 aromatic heterocycles. The van der Waals surface area contributed by atoms with Gasteiger partial charge in [-0.05, 0) is 54.7 Å². The molecule has 0 spiro atoms. The van der Waals surface area contributed by atoms with Gasteiger partial charge in [0.15, 0.2) is 0 Å². The van der Waals surface area contributed by atoms with E-state index in [1.807, 2.05) is 12.1 Å². The maximum Gasteiger partial charge on any atom is 0.263 e. The van der Waals surface area contributed by atoms with Crippen molar-refractivity contribution >= 4 is 27.3 Å². The molecule has 0 amide bonds. The summed E-state index contributed by atoms with van der Waals surface area (Å²) in [5.74, 6) is 0. The highest BCUT2D eigenvalue weighted by atomic mass is 35.5. The fourth-order valence-corrected chi connectivity index (χ4v) is 4.08. The summed E-state index contributed by atoms with van der Waals surface area (Å²) in [5.41, 5.74) is 3.13. The Morgan fingerprint density at radius 3 is 2.55 bits per heavy atom. The number of sulfonamides is 1. The van der Waals surface area contributed by atoms with Crippen molar-refractivity contribution in [2.45, 2.75) is 24.2 Å². The fraction of sp³-hybridized carbons (Fsp3) is 0.200. The summed E-state index contributed by atoms with van der Waals surface area (Å²) < 4.78 is 27.2. The van der Waals surface area contributed by atoms with Crippen LogP contribution < -0.4 is 4.72 Å². The summed E-state index contributed by atoms with van der Waals surface area (Å²) >= 11 is 5.95. The Labute approximate surface area is 123 Å². The van der Waals surface area contributed by atoms with Crippen molar-refractivity contribution in [1.29, 1.82) is 0 Å². The molecule has 0 saturated carbocycles. The van der Waals surface area contributed by atoms with Crippen LogP contribution >= 0.6 is 11.6 Å². The smallest absolute Gasteiger partial charge is 0.263 e. The molecular weight excluding hydrogens is 294 g/mol. The van der Waals surface area contributed by atoms with Crippen molar-refractivity contribution in [3.05, 3.63) is 58.6 Å². The van der Waals surface area contributed by atoms with Crippen molar-refractivity contribution in [2.75, 3.05) is 4.72 Å². The number of halogens is 1. The third-order valence-corrected chi connectivity index (χ3v) is 5.36. The van der Waals surface area contributed by atoms with Crippen LogP contribution in [0.3, 0.4) is 0 Å². The Hall–Kier alpha value is -1.52. The molecule has 1 N–H and O–H groups in total. The number of hydrogen-bond donors (Lipinski definition) is 1. The molecule has 0 bridgehead atoms. The second kappa shape index (κ2) is 5.11. The molecule has 1 aliphatic rings. The molecule has 3 nitrogen and oxygen atoms in total. The van der Waals surface area contributed by atoms with E-state index in [2.05, 4.69) is 4.72 Å². The van der Waals surface area contributed by atoms with E-state index in [-0.39, 0.29) is 9.92 Å². The quantitative estimate of drug-likeness (QED) is 0.941. The van der Waals surface area contributed by atoms with E-state index in [1.165, 1.54) is 17.2 Å². The average molecular weight is 308 g/mol. The van der Waals surface area contributed by atoms with Crippen LogP contribution in [0.2, 0.25) is 5.02 Å². The number of hydrogen-bond acceptors (Lipinski definition) is 2. The maximum absolute atomic E-state index is 12.3. The second-order valence-electron chi connectivity index (χ2n) is 4.87. The van der Waals surface area contributed by atoms with Gasteiger partial charge >= 0.3 is 0 Å². The normalized spacial score (nSPS) is 14.1. The second-order valence-corrected chi connectivity index (χ2v) is 6.93. The summed E-state index contributed by atoms with van der Waals surface area (Å²) in [6, 6.07) is 12.1. The third-order valence-electron chi connectivity index (χ3n) is 3.48. The Kier molecular flexibility index (Phi) is 3.44. The first kappa shape index (κ1) is 13.5. The molecule has 5 heteroatoms. The van der Waals surface area contributed by atoms with Crippen LogP contribution in [0.25, 0.3) is 0 Å². The highest BCUT2D eigenvalue weighted by Crippen LogP contribution is 2.27. The highest BCUT2D eigenvalue weighted by Gasteiger charge is 2.18. The van der Waals surface area contributed by atoms with Gasteiger partial charge < -0.3 is 0 Å². The molecule has 0 radical (unpaired) electrons. The average Bonchev–Trinajstić information content (AvgIpc) is 2.86. The number of fused-ring (bicyclic) bond motifs is 1. The van der Waals surface area contributed by atoms with Crippen LogP contribution in [-0.2, 0) is 22.9 Å². The summed E-state index contributed by atoms with van der Waals surface area (Å²) in [6.07, 6.45) is 3.22. The molecule has 0 aliphatic heterocycles. The van der Waals surface area contributed by atoms with E-state index in [0.717, 1.165) is 19.3 Å². The number of anilines is 1. The number of benzene rings is 2. The van der Waals surface area contributed by atoms with Crippen LogP contribution in [0.15, 0.2) is 47.4 Å². The molecule has 20 heavy (non-hydrogen) atoms. The molecule has 104 valence electrons. The van der Waals surface area contributed by atoms with Crippen LogP contribution in [0.5, 0.6) is 0 Å². The topological polar surface area (TPSA) is 46.2 Å². The molecule has 0 fully saturated rings. The predicted molar refractivity (Wildman–Crippen MR) is 80.7 cm³/mol. The van der Waals surface area contributed by atoms with E-state index in [0.29, 0.717) is 5.69 Å². The van der Waals surface area contributed by atoms with Gasteiger partial charge in [0.05, 0.1) is 5.02 Å². The van der Waals surface area contributed by atoms with Gasteiger partial charge in [-0.2, -0.15) is 0 Å². The molecule has 1 aliphatic carbocycles. The molecule has 0 atom stereocenters. The van der Waals surface area contributed by atoms with E-state index in [4.69, 9.17) is 11.6 Å². The standard InChI is InChI=1S/C15H14ClNO2S/c16-14-6-1-2-7-15(14)20(18,19)17-13-9-8-11-4-3-5-12(11)10-13/h1-2,6-10,17H,3-5H2. The minimum atomic E-state index is -3.64. The number of rotatable bonds is 3. The number of aryl methyl sites for hydroxylation is 2. The van der Waals surface area contributed by atoms with Gasteiger partial charge in [0, 0.05) is 5.69 Å². The van der Waals surface area contributed by atoms with Gasteiger partial charge in [-0.3, -0.25) is 4.72 Å². The van der Waals surface area contributed by atoms with Gasteiger partial charge in [-0.25, -0.2) is 8.42 Å². The molecule has 2 aromatic carbocycles. The van der Waals surface area contributed by atoms with Crippen LogP contribution in [0.1, 0.15) is 17.5 Å². The zero-order chi connectivity index (χ0) is 14.2. The Morgan fingerprint density at radius 1 is 1.00 bits per heavy atom. The molecule has 0 heterocycles. The Morgan fingerprint density at radius 2 is 1.75 bits per heavy atom. The number of nitrogens with one attached hydrogen (secondary N) is 1. The first-order valence-corrected chi connectivity index (χ1v) is 8.31. The van der Waals surface area contributed by atoms with Gasteiger partial charge in [0.25, 0.3) is 10.0 Å². The molecule has 0 unspecified atom stereocenters. The minimum Gasteiger partial charge on any atom is -0.280 e. The van der Waals surface area contributed by atoms with E-state index in [1.54, 1.807) is 24.3 Å². The molecule has 2 aromatic rings. The van der Waals surface area contributed by atoms with E-state index in [9.17, 15) is 8.42 Å². The lowest BCUT2D eigenvalue weighted by molar-refractivity contribution is 0.601. The van der Waals surface area contributed by atoms with Gasteiger partial charge in [0.1, 0.15) is 4.90 Å². The molecular formula is C15H14ClNO2S. The molecule has 3 rings (SSSR count). The van der Waals surface area contributed by atoms with Crippen molar-refractivity contribution in [3.63, 3.8) is 0 Å². The summed E-state index contributed by atoms with van der Waals surface area (Å²) in [5, 5.41) is 0.223. The summed E-state index contributed by atoms with van der Waals surface area (Å²) in [6.45, 7) is 0. The highest BCUT2D eigenvalue weighted by molar-refractivity contribution is 7.92. The zero-order valence-corrected chi connectivity index (χ0v) is 12.3. The van der Waals surface area contributed by atoms with Crippen molar-refractivity contribution < 1.29 is 8.42 Å². The first-order chi connectivity index (χ1) is 9.56. The van der Waals surface area contributed by atoms with Crippen LogP contribution in [0, 0.1) is 0 Å². The SMILES string of the molecule is O=S(=O)(Nc1ccc2c(c1)CCC2)c1ccccc1Cl. The lowest BCUT2D eigenvalue weighted by atomic mass is 10.1. The zero-order valence-electron chi connectivity index (χ0n) is 10.8. The Bertz CT molecular complexity index is 756. The lowest BCUT2D eigenvalue weighted by Gasteiger charge is -2.10. The van der Waals surface area contributed by atoms with Crippen molar-refractivity contribution in [1.82, 2.24) is 0 Å². The van der Waals surface area contributed by atoms with Gasteiger partial charge in [0.2, 0.25) is 0 Å². The minimum absolute atomic E-state index is 0.0992. The lowest BCUT2D eigenvalue weighted by Crippen LogP contribution is -2.13. The van der Waals surface area contributed by atoms with Crippen LogP contribution in [0.4, 0.5) is 5.69 Å². The van der Waals surface area contributed by atoms with Gasteiger partial charge in [-0.1, -0.05) is 29.8 Å². The van der Waals surface area contributed by atoms with Crippen molar-refractivity contribution in [3.8, 4) is 0 Å². The monoisotopic (exact) mass is 307 g/mol. The summed E-state index contributed by atoms with van der Waals surface area (Å²) in [7, 11) is -3.64. The maximum atomic E-state index is 12.3. The first-order valence-electron chi connectivity index (χ1n) is 6.45.